The van der Waals surface area contributed by atoms with E-state index in [9.17, 15) is 4.39 Å². The number of alkyl halides is 1. The minimum Gasteiger partial charge on any atom is -0.497 e. The maximum atomic E-state index is 12.2. The van der Waals surface area contributed by atoms with Gasteiger partial charge in [0.1, 0.15) is 5.75 Å². The van der Waals surface area contributed by atoms with Crippen LogP contribution >= 0.6 is 0 Å². The van der Waals surface area contributed by atoms with Crippen LogP contribution in [0.25, 0.3) is 0 Å². The van der Waals surface area contributed by atoms with Crippen LogP contribution in [0.5, 0.6) is 5.75 Å². The van der Waals surface area contributed by atoms with Crippen molar-refractivity contribution in [3.05, 3.63) is 24.3 Å². The minimum atomic E-state index is -0.260. The standard InChI is InChI=1S/C13H20FNO/c1-3-9-15(10-5-8-14)12-6-4-7-13(11-12)16-2/h4,6-7,11H,3,5,8-10H2,1-2H3. The number of nitrogens with zero attached hydrogens (tertiary/aromatic N) is 1. The maximum Gasteiger partial charge on any atom is 0.120 e. The Labute approximate surface area is 97.0 Å². The van der Waals surface area contributed by atoms with E-state index in [4.69, 9.17) is 4.74 Å². The quantitative estimate of drug-likeness (QED) is 0.706. The zero-order valence-corrected chi connectivity index (χ0v) is 10.1. The fourth-order valence-corrected chi connectivity index (χ4v) is 1.70. The Balaban J connectivity index is 2.73. The van der Waals surface area contributed by atoms with Crippen molar-refractivity contribution in [3.8, 4) is 5.75 Å². The van der Waals surface area contributed by atoms with Crippen molar-refractivity contribution in [3.63, 3.8) is 0 Å². The van der Waals surface area contributed by atoms with Crippen LogP contribution in [0.2, 0.25) is 0 Å². The Morgan fingerprint density at radius 1 is 1.31 bits per heavy atom. The third-order valence-corrected chi connectivity index (χ3v) is 2.47. The second-order valence-electron chi connectivity index (χ2n) is 3.73. The third-order valence-electron chi connectivity index (χ3n) is 2.47. The molecule has 2 nitrogen and oxygen atoms in total. The lowest BCUT2D eigenvalue weighted by Crippen LogP contribution is -2.25. The van der Waals surface area contributed by atoms with Crippen molar-refractivity contribution in [1.29, 1.82) is 0 Å². The van der Waals surface area contributed by atoms with E-state index in [1.54, 1.807) is 7.11 Å². The SMILES string of the molecule is CCCN(CCCF)c1cccc(OC)c1. The fourth-order valence-electron chi connectivity index (χ4n) is 1.70. The normalized spacial score (nSPS) is 10.2. The molecule has 1 aromatic carbocycles. The molecule has 0 spiro atoms. The van der Waals surface area contributed by atoms with E-state index in [0.717, 1.165) is 30.9 Å². The molecule has 0 amide bonds. The lowest BCUT2D eigenvalue weighted by atomic mass is 10.2. The van der Waals surface area contributed by atoms with Gasteiger partial charge in [-0.25, -0.2) is 0 Å². The molecule has 0 saturated carbocycles. The predicted molar refractivity (Wildman–Crippen MR) is 66.1 cm³/mol. The topological polar surface area (TPSA) is 12.5 Å². The molecule has 0 aromatic heterocycles. The van der Waals surface area contributed by atoms with Crippen molar-refractivity contribution in [1.82, 2.24) is 0 Å². The summed E-state index contributed by atoms with van der Waals surface area (Å²) in [7, 11) is 1.66. The molecule has 0 bridgehead atoms. The number of anilines is 1. The first-order valence-electron chi connectivity index (χ1n) is 5.76. The van der Waals surface area contributed by atoms with Gasteiger partial charge in [0.2, 0.25) is 0 Å². The van der Waals surface area contributed by atoms with Gasteiger partial charge in [-0.15, -0.1) is 0 Å². The number of hydrogen-bond acceptors (Lipinski definition) is 2. The summed E-state index contributed by atoms with van der Waals surface area (Å²) < 4.78 is 17.4. The van der Waals surface area contributed by atoms with Gasteiger partial charge in [-0.3, -0.25) is 4.39 Å². The summed E-state index contributed by atoms with van der Waals surface area (Å²) in [6.07, 6.45) is 1.64. The summed E-state index contributed by atoms with van der Waals surface area (Å²) in [5, 5.41) is 0. The molecular formula is C13H20FNO. The first kappa shape index (κ1) is 12.8. The molecule has 0 heterocycles. The Morgan fingerprint density at radius 2 is 2.12 bits per heavy atom. The Bertz CT molecular complexity index is 304. The summed E-state index contributed by atoms with van der Waals surface area (Å²) in [6.45, 7) is 3.58. The van der Waals surface area contributed by atoms with Crippen LogP contribution in [-0.2, 0) is 0 Å². The van der Waals surface area contributed by atoms with Gasteiger partial charge in [-0.2, -0.15) is 0 Å². The summed E-state index contributed by atoms with van der Waals surface area (Å²) in [6, 6.07) is 7.92. The van der Waals surface area contributed by atoms with Gasteiger partial charge >= 0.3 is 0 Å². The molecule has 90 valence electrons. The van der Waals surface area contributed by atoms with Crippen LogP contribution in [0.15, 0.2) is 24.3 Å². The first-order valence-corrected chi connectivity index (χ1v) is 5.76. The molecule has 0 atom stereocenters. The summed E-state index contributed by atoms with van der Waals surface area (Å²) in [4.78, 5) is 2.20. The lowest BCUT2D eigenvalue weighted by molar-refractivity contribution is 0.414. The zero-order valence-electron chi connectivity index (χ0n) is 10.1. The number of hydrogen-bond donors (Lipinski definition) is 0. The van der Waals surface area contributed by atoms with Crippen molar-refractivity contribution >= 4 is 5.69 Å². The molecule has 16 heavy (non-hydrogen) atoms. The Hall–Kier alpha value is -1.25. The highest BCUT2D eigenvalue weighted by Gasteiger charge is 2.05. The molecule has 0 unspecified atom stereocenters. The van der Waals surface area contributed by atoms with Crippen molar-refractivity contribution in [2.45, 2.75) is 19.8 Å². The molecule has 0 aliphatic carbocycles. The van der Waals surface area contributed by atoms with Crippen LogP contribution in [0, 0.1) is 0 Å². The van der Waals surface area contributed by atoms with Gasteiger partial charge in [-0.1, -0.05) is 13.0 Å². The molecule has 0 fully saturated rings. The number of halogens is 1. The third kappa shape index (κ3) is 3.72. The van der Waals surface area contributed by atoms with Gasteiger partial charge in [0, 0.05) is 24.8 Å². The van der Waals surface area contributed by atoms with Crippen LogP contribution in [-0.4, -0.2) is 26.9 Å². The minimum absolute atomic E-state index is 0.260. The predicted octanol–water partition coefficient (Wildman–Crippen LogP) is 3.27. The Morgan fingerprint density at radius 3 is 2.75 bits per heavy atom. The van der Waals surface area contributed by atoms with Crippen LogP contribution in [0.1, 0.15) is 19.8 Å². The fraction of sp³-hybridized carbons (Fsp3) is 0.538. The average molecular weight is 225 g/mol. The summed E-state index contributed by atoms with van der Waals surface area (Å²) in [5.41, 5.74) is 1.11. The number of rotatable bonds is 7. The van der Waals surface area contributed by atoms with E-state index in [1.165, 1.54) is 0 Å². The van der Waals surface area contributed by atoms with E-state index in [0.29, 0.717) is 6.42 Å². The summed E-state index contributed by atoms with van der Waals surface area (Å²) in [5.74, 6) is 0.846. The van der Waals surface area contributed by atoms with Crippen molar-refractivity contribution < 1.29 is 9.13 Å². The van der Waals surface area contributed by atoms with Gasteiger partial charge in [-0.05, 0) is 25.0 Å². The molecule has 0 aliphatic heterocycles. The molecular weight excluding hydrogens is 205 g/mol. The smallest absolute Gasteiger partial charge is 0.120 e. The molecule has 1 aromatic rings. The van der Waals surface area contributed by atoms with Gasteiger partial charge in [0.05, 0.1) is 13.8 Å². The molecule has 0 N–H and O–H groups in total. The summed E-state index contributed by atoms with van der Waals surface area (Å²) >= 11 is 0. The van der Waals surface area contributed by atoms with Gasteiger partial charge < -0.3 is 9.64 Å². The van der Waals surface area contributed by atoms with E-state index in [2.05, 4.69) is 11.8 Å². The van der Waals surface area contributed by atoms with Gasteiger partial charge in [0.25, 0.3) is 0 Å². The number of benzene rings is 1. The average Bonchev–Trinajstić information content (AvgIpc) is 2.34. The lowest BCUT2D eigenvalue weighted by Gasteiger charge is -2.24. The second-order valence-corrected chi connectivity index (χ2v) is 3.73. The van der Waals surface area contributed by atoms with E-state index in [-0.39, 0.29) is 6.67 Å². The molecule has 3 heteroatoms. The molecule has 0 aliphatic rings. The highest BCUT2D eigenvalue weighted by atomic mass is 19.1. The monoisotopic (exact) mass is 225 g/mol. The number of methoxy groups -OCH3 is 1. The number of ether oxygens (including phenoxy) is 1. The van der Waals surface area contributed by atoms with Crippen LogP contribution < -0.4 is 9.64 Å². The van der Waals surface area contributed by atoms with E-state index >= 15 is 0 Å². The Kier molecular flexibility index (Phi) is 5.68. The van der Waals surface area contributed by atoms with Crippen LogP contribution in [0.3, 0.4) is 0 Å². The molecule has 0 radical (unpaired) electrons. The van der Waals surface area contributed by atoms with E-state index in [1.807, 2.05) is 24.3 Å². The van der Waals surface area contributed by atoms with Crippen molar-refractivity contribution in [2.75, 3.05) is 31.8 Å². The highest BCUT2D eigenvalue weighted by Crippen LogP contribution is 2.21. The van der Waals surface area contributed by atoms with Crippen molar-refractivity contribution in [2.24, 2.45) is 0 Å². The van der Waals surface area contributed by atoms with Crippen LogP contribution in [0.4, 0.5) is 10.1 Å². The molecule has 1 rings (SSSR count). The maximum absolute atomic E-state index is 12.2. The van der Waals surface area contributed by atoms with E-state index < -0.39 is 0 Å². The largest absolute Gasteiger partial charge is 0.497 e. The zero-order chi connectivity index (χ0) is 11.8. The second kappa shape index (κ2) is 7.09. The first-order chi connectivity index (χ1) is 7.81. The van der Waals surface area contributed by atoms with Gasteiger partial charge in [0.15, 0.2) is 0 Å². The highest BCUT2D eigenvalue weighted by molar-refractivity contribution is 5.50. The molecule has 0 saturated heterocycles.